The summed E-state index contributed by atoms with van der Waals surface area (Å²) in [6.45, 7) is 7.77. The maximum atomic E-state index is 13.8. The minimum atomic E-state index is -3.96. The van der Waals surface area contributed by atoms with Gasteiger partial charge in [-0.2, -0.15) is 15.1 Å². The van der Waals surface area contributed by atoms with Crippen molar-refractivity contribution in [3.63, 3.8) is 0 Å². The van der Waals surface area contributed by atoms with Gasteiger partial charge in [0.25, 0.3) is 5.56 Å². The Bertz CT molecular complexity index is 1450. The summed E-state index contributed by atoms with van der Waals surface area (Å²) in [5.74, 6) is -0.853. The van der Waals surface area contributed by atoms with Crippen molar-refractivity contribution >= 4 is 40.1 Å². The van der Waals surface area contributed by atoms with Crippen LogP contribution in [0, 0.1) is 16.7 Å². The van der Waals surface area contributed by atoms with E-state index in [-0.39, 0.29) is 46.8 Å². The molecule has 0 radical (unpaired) electrons. The van der Waals surface area contributed by atoms with Crippen molar-refractivity contribution in [1.29, 1.82) is 5.26 Å². The van der Waals surface area contributed by atoms with Gasteiger partial charge in [-0.3, -0.25) is 14.1 Å². The van der Waals surface area contributed by atoms with Crippen molar-refractivity contribution in [2.75, 3.05) is 22.9 Å². The number of rotatable bonds is 7. The highest BCUT2D eigenvalue weighted by Crippen LogP contribution is 2.52. The Hall–Kier alpha value is -3.20. The maximum Gasteiger partial charge on any atom is 0.348 e. The molecule has 1 aromatic heterocycles. The van der Waals surface area contributed by atoms with E-state index in [0.717, 1.165) is 10.9 Å². The number of aromatic hydroxyl groups is 1. The Labute approximate surface area is 203 Å². The van der Waals surface area contributed by atoms with Gasteiger partial charge in [-0.25, -0.2) is 13.1 Å². The van der Waals surface area contributed by atoms with Crippen molar-refractivity contribution in [3.05, 3.63) is 39.8 Å². The first kappa shape index (κ1) is 26.4. The maximum absolute atomic E-state index is 13.8. The van der Waals surface area contributed by atoms with Crippen LogP contribution >= 0.6 is 7.52 Å². The number of benzene rings is 1. The third-order valence-corrected chi connectivity index (χ3v) is 7.59. The van der Waals surface area contributed by atoms with Gasteiger partial charge in [0.1, 0.15) is 6.07 Å². The largest absolute Gasteiger partial charge is 0.504 e. The van der Waals surface area contributed by atoms with Gasteiger partial charge in [0.15, 0.2) is 22.8 Å². The lowest BCUT2D eigenvalue weighted by molar-refractivity contribution is 0.334. The van der Waals surface area contributed by atoms with Crippen LogP contribution in [0.2, 0.25) is 0 Å². The number of hydrogen-bond acceptors (Lipinski definition) is 9. The van der Waals surface area contributed by atoms with Crippen molar-refractivity contribution in [2.24, 2.45) is 10.2 Å². The number of hydrogen-bond donors (Lipinski definition) is 3. The minimum absolute atomic E-state index is 0.0190. The van der Waals surface area contributed by atoms with Crippen LogP contribution in [0.5, 0.6) is 5.75 Å². The van der Waals surface area contributed by atoms with E-state index in [2.05, 4.69) is 19.9 Å². The van der Waals surface area contributed by atoms with Gasteiger partial charge in [0, 0.05) is 12.2 Å². The van der Waals surface area contributed by atoms with Crippen LogP contribution < -0.4 is 20.9 Å². The van der Waals surface area contributed by atoms with Crippen LogP contribution in [-0.4, -0.2) is 42.0 Å². The number of nitrogens with one attached hydrogen (secondary N) is 2. The first-order valence-corrected chi connectivity index (χ1v) is 14.1. The average Bonchev–Trinajstić information content (AvgIpc) is 2.72. The molecule has 2 aromatic rings. The first-order chi connectivity index (χ1) is 16.2. The van der Waals surface area contributed by atoms with E-state index in [1.807, 2.05) is 20.8 Å². The van der Waals surface area contributed by atoms with Crippen molar-refractivity contribution in [2.45, 2.75) is 40.7 Å². The zero-order chi connectivity index (χ0) is 26.2. The van der Waals surface area contributed by atoms with Crippen LogP contribution in [0.3, 0.4) is 0 Å². The third kappa shape index (κ3) is 5.90. The highest BCUT2D eigenvalue weighted by molar-refractivity contribution is 7.92. The molecule has 1 aliphatic heterocycles. The van der Waals surface area contributed by atoms with Gasteiger partial charge in [0.05, 0.1) is 23.9 Å². The fourth-order valence-corrected chi connectivity index (χ4v) is 5.64. The highest BCUT2D eigenvalue weighted by atomic mass is 32.2. The van der Waals surface area contributed by atoms with Crippen molar-refractivity contribution in [1.82, 2.24) is 9.78 Å². The molecule has 0 spiro atoms. The van der Waals surface area contributed by atoms with Gasteiger partial charge in [-0.05, 0) is 37.0 Å². The number of nitrogens with zero attached hydrogens (tertiary/aromatic N) is 4. The zero-order valence-electron chi connectivity index (χ0n) is 20.0. The molecule has 12 nitrogen and oxygen atoms in total. The lowest BCUT2D eigenvalue weighted by Gasteiger charge is -2.25. The summed E-state index contributed by atoms with van der Waals surface area (Å²) >= 11 is 0. The average molecular weight is 523 g/mol. The van der Waals surface area contributed by atoms with E-state index in [9.17, 15) is 28.1 Å². The molecule has 2 heterocycles. The molecule has 35 heavy (non-hydrogen) atoms. The molecule has 0 saturated carbocycles. The SMILES string of the molecule is CCOP1(=O)N=C(c2nn(CCC(C)(C)C)c(=O)c(C#N)c2O)Nc2ccc(NS(C)(=O)=O)cc21. The summed E-state index contributed by atoms with van der Waals surface area (Å²) in [6, 6.07) is 5.97. The van der Waals surface area contributed by atoms with Gasteiger partial charge in [-0.1, -0.05) is 20.8 Å². The molecule has 0 fully saturated rings. The summed E-state index contributed by atoms with van der Waals surface area (Å²) < 4.78 is 50.1. The second kappa shape index (κ2) is 9.45. The fraction of sp³-hybridized carbons (Fsp3) is 0.429. The van der Waals surface area contributed by atoms with Gasteiger partial charge in [-0.15, -0.1) is 0 Å². The summed E-state index contributed by atoms with van der Waals surface area (Å²) in [6.07, 6.45) is 1.55. The normalized spacial score (nSPS) is 17.7. The number of aryl methyl sites for hydroxylation is 1. The molecule has 0 bridgehead atoms. The second-order valence-electron chi connectivity index (χ2n) is 9.14. The van der Waals surface area contributed by atoms with Gasteiger partial charge >= 0.3 is 7.52 Å². The number of amidine groups is 1. The Morgan fingerprint density at radius 3 is 2.60 bits per heavy atom. The summed E-state index contributed by atoms with van der Waals surface area (Å²) in [4.78, 5) is 12.7. The van der Waals surface area contributed by atoms with Gasteiger partial charge < -0.3 is 14.9 Å². The van der Waals surface area contributed by atoms with Gasteiger partial charge in [0.2, 0.25) is 10.0 Å². The van der Waals surface area contributed by atoms with Crippen LogP contribution in [0.4, 0.5) is 11.4 Å². The summed E-state index contributed by atoms with van der Waals surface area (Å²) in [5.41, 5.74) is -1.20. The molecule has 1 unspecified atom stereocenters. The number of anilines is 2. The van der Waals surface area contributed by atoms with Crippen molar-refractivity contribution in [3.8, 4) is 11.8 Å². The minimum Gasteiger partial charge on any atom is -0.504 e. The van der Waals surface area contributed by atoms with Crippen LogP contribution in [0.15, 0.2) is 27.8 Å². The van der Waals surface area contributed by atoms with Crippen molar-refractivity contribution < 1.29 is 22.6 Å². The predicted molar refractivity (Wildman–Crippen MR) is 133 cm³/mol. The topological polar surface area (TPSA) is 176 Å². The Kier molecular flexibility index (Phi) is 7.13. The smallest absolute Gasteiger partial charge is 0.348 e. The molecule has 3 N–H and O–H groups in total. The Morgan fingerprint density at radius 2 is 2.03 bits per heavy atom. The molecule has 1 aromatic carbocycles. The van der Waals surface area contributed by atoms with E-state index in [1.165, 1.54) is 18.2 Å². The molecule has 1 aliphatic rings. The monoisotopic (exact) mass is 522 g/mol. The van der Waals surface area contributed by atoms with Crippen LogP contribution in [0.25, 0.3) is 0 Å². The number of fused-ring (bicyclic) bond motifs is 1. The molecule has 0 aliphatic carbocycles. The molecule has 0 saturated heterocycles. The summed E-state index contributed by atoms with van der Waals surface area (Å²) in [5, 5.41) is 27.4. The lowest BCUT2D eigenvalue weighted by Crippen LogP contribution is -2.33. The van der Waals surface area contributed by atoms with E-state index in [4.69, 9.17) is 4.52 Å². The zero-order valence-corrected chi connectivity index (χ0v) is 21.7. The standard InChI is InChI=1S/C21H27N6O6PS/c1-6-33-34(30)16-11-13(26-35(5,31)32)7-8-15(16)23-19(25-34)17-18(28)14(12-22)20(29)27(24-17)10-9-21(2,3)4/h7-8,11,26,28H,6,9-10H2,1-5H3,(H,23,25,30). The number of sulfonamides is 1. The second-order valence-corrected chi connectivity index (χ2v) is 12.9. The fourth-order valence-electron chi connectivity index (χ4n) is 3.28. The first-order valence-electron chi connectivity index (χ1n) is 10.7. The van der Waals surface area contributed by atoms with E-state index >= 15 is 0 Å². The molecule has 0 amide bonds. The Morgan fingerprint density at radius 1 is 1.34 bits per heavy atom. The molecule has 188 valence electrons. The van der Waals surface area contributed by atoms with E-state index in [1.54, 1.807) is 13.0 Å². The Balaban J connectivity index is 2.17. The molecule has 14 heteroatoms. The van der Waals surface area contributed by atoms with Crippen LogP contribution in [0.1, 0.15) is 45.4 Å². The third-order valence-electron chi connectivity index (χ3n) is 4.93. The number of nitriles is 1. The van der Waals surface area contributed by atoms with E-state index in [0.29, 0.717) is 6.42 Å². The number of aromatic nitrogens is 2. The summed E-state index contributed by atoms with van der Waals surface area (Å²) in [7, 11) is -7.55. The molecule has 1 atom stereocenters. The molecular weight excluding hydrogens is 495 g/mol. The molecular formula is C21H27N6O6PS. The molecule has 3 rings (SSSR count). The van der Waals surface area contributed by atoms with Crippen LogP contribution in [-0.2, 0) is 25.7 Å². The quantitative estimate of drug-likeness (QED) is 0.461. The highest BCUT2D eigenvalue weighted by Gasteiger charge is 2.36. The predicted octanol–water partition coefficient (Wildman–Crippen LogP) is 2.36. The van der Waals surface area contributed by atoms with E-state index < -0.39 is 34.4 Å². The lowest BCUT2D eigenvalue weighted by atomic mass is 9.92.